The van der Waals surface area contributed by atoms with E-state index in [0.717, 1.165) is 63.7 Å². The highest BCUT2D eigenvalue weighted by Crippen LogP contribution is 2.39. The van der Waals surface area contributed by atoms with Gasteiger partial charge in [0, 0.05) is 69.7 Å². The van der Waals surface area contributed by atoms with Crippen LogP contribution in [0.5, 0.6) is 0 Å². The number of nitro benzene ring substituents is 1. The van der Waals surface area contributed by atoms with Crippen LogP contribution in [-0.4, -0.2) is 91.7 Å². The van der Waals surface area contributed by atoms with Crippen molar-refractivity contribution in [2.75, 3.05) is 63.9 Å². The molecule has 4 aliphatic rings. The number of hydrogen-bond acceptors (Lipinski definition) is 7. The number of hydrogen-bond donors (Lipinski definition) is 1. The van der Waals surface area contributed by atoms with Gasteiger partial charge in [-0.1, -0.05) is 12.8 Å². The molecule has 1 amide bonds. The van der Waals surface area contributed by atoms with E-state index in [2.05, 4.69) is 20.0 Å². The Bertz CT molecular complexity index is 868. The molecular weight excluding hydrogens is 422 g/mol. The number of benzene rings is 1. The van der Waals surface area contributed by atoms with Gasteiger partial charge in [-0.3, -0.25) is 24.7 Å². The lowest BCUT2D eigenvalue weighted by Crippen LogP contribution is -2.62. The predicted octanol–water partition coefficient (Wildman–Crippen LogP) is 1.65. The van der Waals surface area contributed by atoms with Crippen LogP contribution in [0.1, 0.15) is 31.2 Å². The molecule has 1 N–H and O–H groups in total. The fourth-order valence-corrected chi connectivity index (χ4v) is 6.14. The lowest BCUT2D eigenvalue weighted by Gasteiger charge is -2.50. The molecule has 3 aliphatic heterocycles. The average molecular weight is 458 g/mol. The SMILES string of the molecule is O=C(NCCN1CCOCC1)[C@H]1Cc2cc([N+](=O)[O-])ccc2N2CCN(C3CCCC3)C[C@H]12. The summed E-state index contributed by atoms with van der Waals surface area (Å²) in [6, 6.07) is 5.90. The lowest BCUT2D eigenvalue weighted by molar-refractivity contribution is -0.384. The number of anilines is 1. The second-order valence-electron chi connectivity index (χ2n) is 9.82. The fraction of sp³-hybridized carbons (Fsp3) is 0.708. The van der Waals surface area contributed by atoms with Gasteiger partial charge in [-0.15, -0.1) is 0 Å². The largest absolute Gasteiger partial charge is 0.379 e. The molecule has 0 aromatic heterocycles. The molecule has 180 valence electrons. The average Bonchev–Trinajstić information content (AvgIpc) is 3.38. The molecule has 0 spiro atoms. The summed E-state index contributed by atoms with van der Waals surface area (Å²) in [6.07, 6.45) is 5.67. The van der Waals surface area contributed by atoms with E-state index >= 15 is 0 Å². The normalized spacial score (nSPS) is 26.6. The summed E-state index contributed by atoms with van der Waals surface area (Å²) in [5, 5.41) is 14.5. The van der Waals surface area contributed by atoms with E-state index in [1.807, 2.05) is 6.07 Å². The first-order valence-electron chi connectivity index (χ1n) is 12.5. The number of carbonyl (C=O) groups is 1. The highest BCUT2D eigenvalue weighted by molar-refractivity contribution is 5.82. The van der Waals surface area contributed by atoms with E-state index in [9.17, 15) is 14.9 Å². The highest BCUT2D eigenvalue weighted by atomic mass is 16.6. The molecular formula is C24H35N5O4. The lowest BCUT2D eigenvalue weighted by atomic mass is 9.83. The summed E-state index contributed by atoms with van der Waals surface area (Å²) in [5.41, 5.74) is 2.08. The number of rotatable bonds is 6. The first kappa shape index (κ1) is 22.6. The third kappa shape index (κ3) is 4.85. The molecule has 3 heterocycles. The summed E-state index contributed by atoms with van der Waals surface area (Å²) in [5.74, 6) is -0.128. The molecule has 1 aromatic carbocycles. The minimum Gasteiger partial charge on any atom is -0.379 e. The van der Waals surface area contributed by atoms with E-state index < -0.39 is 0 Å². The maximum atomic E-state index is 13.4. The van der Waals surface area contributed by atoms with Crippen molar-refractivity contribution in [2.24, 2.45) is 5.92 Å². The van der Waals surface area contributed by atoms with Gasteiger partial charge >= 0.3 is 0 Å². The molecule has 3 fully saturated rings. The number of amides is 1. The van der Waals surface area contributed by atoms with Crippen molar-refractivity contribution in [3.8, 4) is 0 Å². The number of fused-ring (bicyclic) bond motifs is 3. The molecule has 9 heteroatoms. The van der Waals surface area contributed by atoms with E-state index in [4.69, 9.17) is 4.74 Å². The Kier molecular flexibility index (Phi) is 6.80. The Hall–Kier alpha value is -2.23. The van der Waals surface area contributed by atoms with Crippen LogP contribution in [0.4, 0.5) is 11.4 Å². The number of nitro groups is 1. The highest BCUT2D eigenvalue weighted by Gasteiger charge is 2.43. The number of non-ortho nitro benzene ring substituents is 1. The van der Waals surface area contributed by atoms with Gasteiger partial charge in [0.15, 0.2) is 0 Å². The topological polar surface area (TPSA) is 91.2 Å². The molecule has 0 bridgehead atoms. The second-order valence-corrected chi connectivity index (χ2v) is 9.82. The van der Waals surface area contributed by atoms with Gasteiger partial charge in [0.05, 0.1) is 30.1 Å². The zero-order chi connectivity index (χ0) is 22.8. The molecule has 1 aromatic rings. The number of nitrogens with one attached hydrogen (secondary N) is 1. The van der Waals surface area contributed by atoms with Gasteiger partial charge in [0.1, 0.15) is 0 Å². The van der Waals surface area contributed by atoms with E-state index in [0.29, 0.717) is 19.0 Å². The Morgan fingerprint density at radius 3 is 2.70 bits per heavy atom. The Labute approximate surface area is 195 Å². The van der Waals surface area contributed by atoms with Crippen LogP contribution in [0.3, 0.4) is 0 Å². The smallest absolute Gasteiger partial charge is 0.269 e. The van der Waals surface area contributed by atoms with Crippen molar-refractivity contribution in [3.63, 3.8) is 0 Å². The van der Waals surface area contributed by atoms with Crippen LogP contribution in [0.2, 0.25) is 0 Å². The summed E-state index contributed by atoms with van der Waals surface area (Å²) in [6.45, 7) is 7.50. The quantitative estimate of drug-likeness (QED) is 0.513. The number of morpholine rings is 1. The monoisotopic (exact) mass is 457 g/mol. The zero-order valence-electron chi connectivity index (χ0n) is 19.3. The van der Waals surface area contributed by atoms with Crippen LogP contribution in [0, 0.1) is 16.0 Å². The molecule has 5 rings (SSSR count). The van der Waals surface area contributed by atoms with Crippen molar-refractivity contribution in [1.82, 2.24) is 15.1 Å². The molecule has 9 nitrogen and oxygen atoms in total. The predicted molar refractivity (Wildman–Crippen MR) is 126 cm³/mol. The van der Waals surface area contributed by atoms with Gasteiger partial charge in [-0.2, -0.15) is 0 Å². The van der Waals surface area contributed by atoms with Crippen molar-refractivity contribution >= 4 is 17.3 Å². The second kappa shape index (κ2) is 9.95. The fourth-order valence-electron chi connectivity index (χ4n) is 6.14. The van der Waals surface area contributed by atoms with Crippen molar-refractivity contribution in [1.29, 1.82) is 0 Å². The summed E-state index contributed by atoms with van der Waals surface area (Å²) >= 11 is 0. The molecule has 33 heavy (non-hydrogen) atoms. The third-order valence-corrected chi connectivity index (χ3v) is 7.95. The standard InChI is InChI=1S/C24H35N5O4/c30-24(25-7-8-26-11-13-33-14-12-26)21-16-18-15-20(29(31)32)5-6-22(18)28-10-9-27(17-23(21)28)19-3-1-2-4-19/h5-6,15,19,21,23H,1-4,7-14,16-17H2,(H,25,30)/t21-,23+/m0/s1. The van der Waals surface area contributed by atoms with Crippen LogP contribution >= 0.6 is 0 Å². The molecule has 2 atom stereocenters. The van der Waals surface area contributed by atoms with Crippen molar-refractivity contribution in [2.45, 2.75) is 44.2 Å². The first-order valence-corrected chi connectivity index (χ1v) is 12.5. The van der Waals surface area contributed by atoms with Gasteiger partial charge in [-0.05, 0) is 30.9 Å². The summed E-state index contributed by atoms with van der Waals surface area (Å²) in [7, 11) is 0. The number of carbonyl (C=O) groups excluding carboxylic acids is 1. The summed E-state index contributed by atoms with van der Waals surface area (Å²) in [4.78, 5) is 31.7. The van der Waals surface area contributed by atoms with Crippen LogP contribution in [-0.2, 0) is 16.0 Å². The Balaban J connectivity index is 1.32. The maximum Gasteiger partial charge on any atom is 0.269 e. The molecule has 1 aliphatic carbocycles. The minimum atomic E-state index is -0.345. The van der Waals surface area contributed by atoms with Gasteiger partial charge in [0.25, 0.3) is 5.69 Å². The Morgan fingerprint density at radius 1 is 1.15 bits per heavy atom. The summed E-state index contributed by atoms with van der Waals surface area (Å²) < 4.78 is 5.41. The van der Waals surface area contributed by atoms with Gasteiger partial charge < -0.3 is 15.0 Å². The number of nitrogens with zero attached hydrogens (tertiary/aromatic N) is 4. The molecule has 2 saturated heterocycles. The zero-order valence-corrected chi connectivity index (χ0v) is 19.3. The molecule has 1 saturated carbocycles. The molecule has 0 radical (unpaired) electrons. The van der Waals surface area contributed by atoms with E-state index in [1.54, 1.807) is 12.1 Å². The van der Waals surface area contributed by atoms with Crippen molar-refractivity contribution in [3.05, 3.63) is 33.9 Å². The third-order valence-electron chi connectivity index (χ3n) is 7.95. The number of piperazine rings is 1. The Morgan fingerprint density at radius 2 is 1.94 bits per heavy atom. The first-order chi connectivity index (χ1) is 16.1. The van der Waals surface area contributed by atoms with Gasteiger partial charge in [-0.25, -0.2) is 0 Å². The maximum absolute atomic E-state index is 13.4. The molecule has 0 unspecified atom stereocenters. The van der Waals surface area contributed by atoms with Gasteiger partial charge in [0.2, 0.25) is 5.91 Å². The van der Waals surface area contributed by atoms with E-state index in [-0.39, 0.29) is 28.5 Å². The van der Waals surface area contributed by atoms with Crippen LogP contribution < -0.4 is 10.2 Å². The van der Waals surface area contributed by atoms with Crippen LogP contribution in [0.15, 0.2) is 18.2 Å². The minimum absolute atomic E-state index is 0.0729. The van der Waals surface area contributed by atoms with Crippen LogP contribution in [0.25, 0.3) is 0 Å². The van der Waals surface area contributed by atoms with Crippen molar-refractivity contribution < 1.29 is 14.5 Å². The van der Waals surface area contributed by atoms with E-state index in [1.165, 1.54) is 25.7 Å². The number of ether oxygens (including phenoxy) is 1.